The Balaban J connectivity index is 2.50. The van der Waals surface area contributed by atoms with Crippen molar-refractivity contribution in [1.82, 2.24) is 10.2 Å². The number of likely N-dealkylation sites (tertiary alicyclic amines) is 1. The number of nitrogens with zero attached hydrogens (tertiary/aromatic N) is 1. The Bertz CT molecular complexity index is 290. The third kappa shape index (κ3) is 4.74. The molecule has 3 N–H and O–H groups in total. The first-order valence-corrected chi connectivity index (χ1v) is 8.19. The molecule has 0 bridgehead atoms. The fourth-order valence-electron chi connectivity index (χ4n) is 3.28. The summed E-state index contributed by atoms with van der Waals surface area (Å²) < 4.78 is 0. The molecule has 0 radical (unpaired) electrons. The lowest BCUT2D eigenvalue weighted by atomic mass is 9.74. The molecule has 0 aliphatic carbocycles. The minimum atomic E-state index is 0.123. The van der Waals surface area contributed by atoms with E-state index in [0.29, 0.717) is 18.4 Å². The van der Waals surface area contributed by atoms with Gasteiger partial charge in [0, 0.05) is 25.0 Å². The lowest BCUT2D eigenvalue weighted by Crippen LogP contribution is -2.49. The van der Waals surface area contributed by atoms with Gasteiger partial charge in [0.1, 0.15) is 0 Å². The standard InChI is InChI=1S/C16H33N3O/c1-5-16(6-2)7-9-19(10-8-16)14(12-17)11-15(20)18-13(3)4/h13-14H,5-12,17H2,1-4H3,(H,18,20). The maximum Gasteiger partial charge on any atom is 0.221 e. The van der Waals surface area contributed by atoms with Gasteiger partial charge in [-0.2, -0.15) is 0 Å². The number of piperidine rings is 1. The van der Waals surface area contributed by atoms with Crippen molar-refractivity contribution in [3.05, 3.63) is 0 Å². The van der Waals surface area contributed by atoms with Crippen LogP contribution < -0.4 is 11.1 Å². The van der Waals surface area contributed by atoms with E-state index in [-0.39, 0.29) is 18.0 Å². The Labute approximate surface area is 124 Å². The molecule has 1 atom stereocenters. The molecule has 0 aromatic heterocycles. The normalized spacial score (nSPS) is 20.9. The highest BCUT2D eigenvalue weighted by Gasteiger charge is 2.33. The Morgan fingerprint density at radius 3 is 2.20 bits per heavy atom. The van der Waals surface area contributed by atoms with Crippen LogP contribution in [0.1, 0.15) is 59.8 Å². The van der Waals surface area contributed by atoms with E-state index in [2.05, 4.69) is 24.1 Å². The van der Waals surface area contributed by atoms with Gasteiger partial charge in [-0.1, -0.05) is 26.7 Å². The van der Waals surface area contributed by atoms with Crippen molar-refractivity contribution in [2.24, 2.45) is 11.1 Å². The van der Waals surface area contributed by atoms with E-state index in [1.165, 1.54) is 25.7 Å². The molecule has 118 valence electrons. The molecule has 1 rings (SSSR count). The van der Waals surface area contributed by atoms with Crippen molar-refractivity contribution in [3.63, 3.8) is 0 Å². The highest BCUT2D eigenvalue weighted by Crippen LogP contribution is 2.38. The zero-order valence-corrected chi connectivity index (χ0v) is 13.7. The second-order valence-electron chi connectivity index (χ2n) is 6.56. The lowest BCUT2D eigenvalue weighted by Gasteiger charge is -2.43. The number of hydrogen-bond acceptors (Lipinski definition) is 3. The van der Waals surface area contributed by atoms with Gasteiger partial charge in [0.05, 0.1) is 0 Å². The Morgan fingerprint density at radius 2 is 1.80 bits per heavy atom. The number of carbonyl (C=O) groups excluding carboxylic acids is 1. The van der Waals surface area contributed by atoms with Gasteiger partial charge >= 0.3 is 0 Å². The summed E-state index contributed by atoms with van der Waals surface area (Å²) in [6.45, 7) is 11.3. The molecule has 0 aromatic rings. The topological polar surface area (TPSA) is 58.4 Å². The first-order valence-electron chi connectivity index (χ1n) is 8.19. The summed E-state index contributed by atoms with van der Waals surface area (Å²) in [6.07, 6.45) is 5.53. The molecule has 1 aliphatic rings. The number of rotatable bonds is 7. The fraction of sp³-hybridized carbons (Fsp3) is 0.938. The predicted octanol–water partition coefficient (Wildman–Crippen LogP) is 2.13. The number of carbonyl (C=O) groups is 1. The average molecular weight is 283 g/mol. The van der Waals surface area contributed by atoms with E-state index in [0.717, 1.165) is 13.1 Å². The molecular formula is C16H33N3O. The number of hydrogen-bond donors (Lipinski definition) is 2. The van der Waals surface area contributed by atoms with Crippen molar-refractivity contribution in [1.29, 1.82) is 0 Å². The zero-order chi connectivity index (χ0) is 15.2. The molecule has 4 heteroatoms. The van der Waals surface area contributed by atoms with Crippen LogP contribution >= 0.6 is 0 Å². The van der Waals surface area contributed by atoms with Crippen molar-refractivity contribution in [3.8, 4) is 0 Å². The third-order valence-electron chi connectivity index (χ3n) is 5.02. The molecular weight excluding hydrogens is 250 g/mol. The third-order valence-corrected chi connectivity index (χ3v) is 5.02. The quantitative estimate of drug-likeness (QED) is 0.752. The average Bonchev–Trinajstić information content (AvgIpc) is 2.44. The van der Waals surface area contributed by atoms with E-state index in [4.69, 9.17) is 5.73 Å². The minimum absolute atomic E-state index is 0.123. The first-order chi connectivity index (χ1) is 9.46. The van der Waals surface area contributed by atoms with Gasteiger partial charge in [-0.3, -0.25) is 9.69 Å². The molecule has 1 saturated heterocycles. The Hall–Kier alpha value is -0.610. The van der Waals surface area contributed by atoms with Gasteiger partial charge in [0.25, 0.3) is 0 Å². The summed E-state index contributed by atoms with van der Waals surface area (Å²) in [5.74, 6) is 0.123. The van der Waals surface area contributed by atoms with Crippen molar-refractivity contribution >= 4 is 5.91 Å². The number of amides is 1. The maximum absolute atomic E-state index is 11.9. The second-order valence-corrected chi connectivity index (χ2v) is 6.56. The second kappa shape index (κ2) is 7.99. The van der Waals surface area contributed by atoms with Gasteiger partial charge in [0.2, 0.25) is 5.91 Å². The van der Waals surface area contributed by atoms with Gasteiger partial charge < -0.3 is 11.1 Å². The largest absolute Gasteiger partial charge is 0.354 e. The summed E-state index contributed by atoms with van der Waals surface area (Å²) in [7, 11) is 0. The molecule has 1 fully saturated rings. The highest BCUT2D eigenvalue weighted by atomic mass is 16.1. The molecule has 20 heavy (non-hydrogen) atoms. The van der Waals surface area contributed by atoms with E-state index < -0.39 is 0 Å². The summed E-state index contributed by atoms with van der Waals surface area (Å²) in [5, 5.41) is 2.96. The summed E-state index contributed by atoms with van der Waals surface area (Å²) in [5.41, 5.74) is 6.42. The first kappa shape index (κ1) is 17.4. The molecule has 1 heterocycles. The number of nitrogens with two attached hydrogens (primary N) is 1. The molecule has 0 saturated carbocycles. The van der Waals surface area contributed by atoms with Crippen LogP contribution in [0.3, 0.4) is 0 Å². The van der Waals surface area contributed by atoms with Gasteiger partial charge in [-0.15, -0.1) is 0 Å². The smallest absolute Gasteiger partial charge is 0.221 e. The van der Waals surface area contributed by atoms with Crippen LogP contribution in [0.25, 0.3) is 0 Å². The van der Waals surface area contributed by atoms with Crippen LogP contribution in [-0.4, -0.2) is 42.5 Å². The van der Waals surface area contributed by atoms with Crippen LogP contribution in [0, 0.1) is 5.41 Å². The van der Waals surface area contributed by atoms with Crippen LogP contribution in [-0.2, 0) is 4.79 Å². The molecule has 1 unspecified atom stereocenters. The van der Waals surface area contributed by atoms with Crippen LogP contribution in [0.5, 0.6) is 0 Å². The molecule has 0 aromatic carbocycles. The van der Waals surface area contributed by atoms with Crippen LogP contribution in [0.15, 0.2) is 0 Å². The van der Waals surface area contributed by atoms with E-state index in [9.17, 15) is 4.79 Å². The summed E-state index contributed by atoms with van der Waals surface area (Å²) >= 11 is 0. The maximum atomic E-state index is 11.9. The fourth-order valence-corrected chi connectivity index (χ4v) is 3.28. The van der Waals surface area contributed by atoms with Gasteiger partial charge in [0.15, 0.2) is 0 Å². The highest BCUT2D eigenvalue weighted by molar-refractivity contribution is 5.76. The number of nitrogens with one attached hydrogen (secondary N) is 1. The zero-order valence-electron chi connectivity index (χ0n) is 13.7. The Kier molecular flexibility index (Phi) is 6.96. The monoisotopic (exact) mass is 283 g/mol. The van der Waals surface area contributed by atoms with Crippen LogP contribution in [0.4, 0.5) is 0 Å². The predicted molar refractivity (Wildman–Crippen MR) is 84.6 cm³/mol. The van der Waals surface area contributed by atoms with Crippen molar-refractivity contribution < 1.29 is 4.79 Å². The minimum Gasteiger partial charge on any atom is -0.354 e. The lowest BCUT2D eigenvalue weighted by molar-refractivity contribution is -0.123. The molecule has 0 spiro atoms. The van der Waals surface area contributed by atoms with E-state index in [1.807, 2.05) is 13.8 Å². The SMILES string of the molecule is CCC1(CC)CCN(C(CN)CC(=O)NC(C)C)CC1. The van der Waals surface area contributed by atoms with Crippen molar-refractivity contribution in [2.45, 2.75) is 71.9 Å². The Morgan fingerprint density at radius 1 is 1.25 bits per heavy atom. The molecule has 1 aliphatic heterocycles. The van der Waals surface area contributed by atoms with E-state index in [1.54, 1.807) is 0 Å². The van der Waals surface area contributed by atoms with E-state index >= 15 is 0 Å². The van der Waals surface area contributed by atoms with Gasteiger partial charge in [-0.05, 0) is 45.2 Å². The van der Waals surface area contributed by atoms with Gasteiger partial charge in [-0.25, -0.2) is 0 Å². The van der Waals surface area contributed by atoms with Crippen LogP contribution in [0.2, 0.25) is 0 Å². The van der Waals surface area contributed by atoms with Crippen molar-refractivity contribution in [2.75, 3.05) is 19.6 Å². The molecule has 1 amide bonds. The molecule has 4 nitrogen and oxygen atoms in total. The summed E-state index contributed by atoms with van der Waals surface area (Å²) in [6, 6.07) is 0.399. The summed E-state index contributed by atoms with van der Waals surface area (Å²) in [4.78, 5) is 14.3.